The SMILES string of the molecule is CCOC(=O)c1c(NC(=O)c2c(F)cccc2Cl)sc(C(=O)OC2CCCCC2)c1C. The molecule has 1 N–H and O–H groups in total. The van der Waals surface area contributed by atoms with Crippen molar-refractivity contribution < 1.29 is 28.2 Å². The van der Waals surface area contributed by atoms with Crippen molar-refractivity contribution in [2.24, 2.45) is 0 Å². The van der Waals surface area contributed by atoms with Crippen LogP contribution in [0.4, 0.5) is 9.39 Å². The molecule has 1 aliphatic rings. The smallest absolute Gasteiger partial charge is 0.348 e. The van der Waals surface area contributed by atoms with E-state index < -0.39 is 23.7 Å². The summed E-state index contributed by atoms with van der Waals surface area (Å²) in [5.74, 6) is -2.87. The molecular formula is C22H23ClFNO5S. The molecule has 0 bridgehead atoms. The summed E-state index contributed by atoms with van der Waals surface area (Å²) in [7, 11) is 0. The Hall–Kier alpha value is -2.45. The Labute approximate surface area is 188 Å². The molecular weight excluding hydrogens is 445 g/mol. The highest BCUT2D eigenvalue weighted by Gasteiger charge is 2.30. The van der Waals surface area contributed by atoms with E-state index in [1.165, 1.54) is 12.1 Å². The highest BCUT2D eigenvalue weighted by atomic mass is 35.5. The molecule has 9 heteroatoms. The third kappa shape index (κ3) is 5.25. The lowest BCUT2D eigenvalue weighted by Gasteiger charge is -2.21. The Morgan fingerprint density at radius 1 is 1.16 bits per heavy atom. The molecule has 0 spiro atoms. The minimum absolute atomic E-state index is 0.0447. The topological polar surface area (TPSA) is 81.7 Å². The van der Waals surface area contributed by atoms with Crippen molar-refractivity contribution in [2.45, 2.75) is 52.1 Å². The summed E-state index contributed by atoms with van der Waals surface area (Å²) in [5.41, 5.74) is 0.0406. The van der Waals surface area contributed by atoms with E-state index in [4.69, 9.17) is 21.1 Å². The second-order valence-electron chi connectivity index (χ2n) is 7.20. The van der Waals surface area contributed by atoms with Gasteiger partial charge in [0.2, 0.25) is 0 Å². The van der Waals surface area contributed by atoms with E-state index in [0.29, 0.717) is 5.56 Å². The molecule has 0 atom stereocenters. The zero-order valence-electron chi connectivity index (χ0n) is 17.3. The largest absolute Gasteiger partial charge is 0.462 e. The minimum Gasteiger partial charge on any atom is -0.462 e. The molecule has 0 saturated heterocycles. The summed E-state index contributed by atoms with van der Waals surface area (Å²) in [4.78, 5) is 38.2. The number of ether oxygens (including phenoxy) is 2. The molecule has 1 aromatic carbocycles. The molecule has 6 nitrogen and oxygen atoms in total. The van der Waals surface area contributed by atoms with Gasteiger partial charge in [0.1, 0.15) is 21.8 Å². The van der Waals surface area contributed by atoms with Gasteiger partial charge in [-0.1, -0.05) is 24.1 Å². The first kappa shape index (κ1) is 23.2. The van der Waals surface area contributed by atoms with Gasteiger partial charge in [-0.2, -0.15) is 0 Å². The molecule has 31 heavy (non-hydrogen) atoms. The highest BCUT2D eigenvalue weighted by molar-refractivity contribution is 7.18. The summed E-state index contributed by atoms with van der Waals surface area (Å²) < 4.78 is 24.9. The number of anilines is 1. The lowest BCUT2D eigenvalue weighted by Crippen LogP contribution is -2.21. The lowest BCUT2D eigenvalue weighted by atomic mass is 9.98. The Balaban J connectivity index is 1.92. The molecule has 2 aromatic rings. The van der Waals surface area contributed by atoms with Crippen LogP contribution in [0.25, 0.3) is 0 Å². The third-order valence-corrected chi connectivity index (χ3v) is 6.56. The molecule has 1 aromatic heterocycles. The molecule has 1 fully saturated rings. The first-order chi connectivity index (χ1) is 14.8. The van der Waals surface area contributed by atoms with E-state index in [1.807, 2.05) is 0 Å². The number of rotatable bonds is 6. The zero-order chi connectivity index (χ0) is 22.5. The first-order valence-electron chi connectivity index (χ1n) is 10.1. The number of halogens is 2. The number of carbonyl (C=O) groups excluding carboxylic acids is 3. The second kappa shape index (κ2) is 10.2. The van der Waals surface area contributed by atoms with E-state index in [1.54, 1.807) is 13.8 Å². The summed E-state index contributed by atoms with van der Waals surface area (Å²) >= 11 is 6.87. The van der Waals surface area contributed by atoms with Crippen molar-refractivity contribution in [3.8, 4) is 0 Å². The third-order valence-electron chi connectivity index (χ3n) is 5.05. The lowest BCUT2D eigenvalue weighted by molar-refractivity contribution is 0.0216. The number of thiophene rings is 1. The van der Waals surface area contributed by atoms with Crippen LogP contribution in [-0.2, 0) is 9.47 Å². The van der Waals surface area contributed by atoms with E-state index in [9.17, 15) is 18.8 Å². The minimum atomic E-state index is -0.831. The molecule has 1 aliphatic carbocycles. The van der Waals surface area contributed by atoms with Gasteiger partial charge >= 0.3 is 11.9 Å². The van der Waals surface area contributed by atoms with Gasteiger partial charge in [-0.05, 0) is 57.2 Å². The summed E-state index contributed by atoms with van der Waals surface area (Å²) in [6.07, 6.45) is 4.56. The number of hydrogen-bond donors (Lipinski definition) is 1. The number of hydrogen-bond acceptors (Lipinski definition) is 6. The predicted octanol–water partition coefficient (Wildman–Crippen LogP) is 5.77. The molecule has 0 aliphatic heterocycles. The van der Waals surface area contributed by atoms with Crippen LogP contribution in [-0.4, -0.2) is 30.6 Å². The Morgan fingerprint density at radius 2 is 1.87 bits per heavy atom. The van der Waals surface area contributed by atoms with Gasteiger partial charge < -0.3 is 14.8 Å². The van der Waals surface area contributed by atoms with Crippen LogP contribution < -0.4 is 5.32 Å². The van der Waals surface area contributed by atoms with Crippen molar-refractivity contribution in [2.75, 3.05) is 11.9 Å². The molecule has 1 amide bonds. The molecule has 0 radical (unpaired) electrons. The van der Waals surface area contributed by atoms with E-state index in [0.717, 1.165) is 49.5 Å². The van der Waals surface area contributed by atoms with Crippen molar-refractivity contribution in [1.29, 1.82) is 0 Å². The molecule has 1 saturated carbocycles. The van der Waals surface area contributed by atoms with Crippen LogP contribution in [0.5, 0.6) is 0 Å². The van der Waals surface area contributed by atoms with Crippen LogP contribution >= 0.6 is 22.9 Å². The Bertz CT molecular complexity index is 980. The van der Waals surface area contributed by atoms with E-state index in [2.05, 4.69) is 5.32 Å². The van der Waals surface area contributed by atoms with Crippen molar-refractivity contribution in [3.63, 3.8) is 0 Å². The van der Waals surface area contributed by atoms with Crippen LogP contribution in [0.1, 0.15) is 75.0 Å². The van der Waals surface area contributed by atoms with Crippen LogP contribution in [0, 0.1) is 12.7 Å². The summed E-state index contributed by atoms with van der Waals surface area (Å²) in [5, 5.41) is 2.52. The number of esters is 2. The maximum atomic E-state index is 14.1. The number of benzene rings is 1. The molecule has 3 rings (SSSR count). The molecule has 1 heterocycles. The molecule has 166 valence electrons. The van der Waals surface area contributed by atoms with Gasteiger partial charge in [0.25, 0.3) is 5.91 Å². The average Bonchev–Trinajstić information content (AvgIpc) is 3.04. The van der Waals surface area contributed by atoms with Crippen LogP contribution in [0.3, 0.4) is 0 Å². The van der Waals surface area contributed by atoms with Gasteiger partial charge in [0, 0.05) is 0 Å². The van der Waals surface area contributed by atoms with Crippen LogP contribution in [0.15, 0.2) is 18.2 Å². The van der Waals surface area contributed by atoms with Crippen molar-refractivity contribution >= 4 is 45.8 Å². The van der Waals surface area contributed by atoms with Gasteiger partial charge in [-0.25, -0.2) is 14.0 Å². The van der Waals surface area contributed by atoms with Crippen molar-refractivity contribution in [1.82, 2.24) is 0 Å². The maximum absolute atomic E-state index is 14.1. The monoisotopic (exact) mass is 467 g/mol. The summed E-state index contributed by atoms with van der Waals surface area (Å²) in [6.45, 7) is 3.35. The fourth-order valence-electron chi connectivity index (χ4n) is 3.51. The normalized spacial score (nSPS) is 14.2. The van der Waals surface area contributed by atoms with E-state index >= 15 is 0 Å². The first-order valence-corrected chi connectivity index (χ1v) is 11.3. The quantitative estimate of drug-likeness (QED) is 0.545. The van der Waals surface area contributed by atoms with Crippen molar-refractivity contribution in [3.05, 3.63) is 50.6 Å². The van der Waals surface area contributed by atoms with Gasteiger partial charge in [0.05, 0.1) is 22.8 Å². The van der Waals surface area contributed by atoms with Gasteiger partial charge in [-0.3, -0.25) is 4.79 Å². The standard InChI is InChI=1S/C22H23ClFNO5S/c1-3-29-21(27)16-12(2)18(22(28)30-13-8-5-4-6-9-13)31-20(16)25-19(26)17-14(23)10-7-11-15(17)24/h7,10-11,13H,3-6,8-9H2,1-2H3,(H,25,26). The van der Waals surface area contributed by atoms with E-state index in [-0.39, 0.29) is 38.7 Å². The van der Waals surface area contributed by atoms with Gasteiger partial charge in [-0.15, -0.1) is 11.3 Å². The highest BCUT2D eigenvalue weighted by Crippen LogP contribution is 2.36. The Kier molecular flexibility index (Phi) is 7.67. The average molecular weight is 468 g/mol. The second-order valence-corrected chi connectivity index (χ2v) is 8.62. The molecule has 0 unspecified atom stereocenters. The Morgan fingerprint density at radius 3 is 2.52 bits per heavy atom. The zero-order valence-corrected chi connectivity index (χ0v) is 18.8. The fraction of sp³-hybridized carbons (Fsp3) is 0.409. The summed E-state index contributed by atoms with van der Waals surface area (Å²) in [6, 6.07) is 3.88. The fourth-order valence-corrected chi connectivity index (χ4v) is 4.84. The van der Waals surface area contributed by atoms with Crippen LogP contribution in [0.2, 0.25) is 5.02 Å². The number of amides is 1. The van der Waals surface area contributed by atoms with Gasteiger partial charge in [0.15, 0.2) is 0 Å². The predicted molar refractivity (Wildman–Crippen MR) is 117 cm³/mol. The number of nitrogens with one attached hydrogen (secondary N) is 1. The number of carbonyl (C=O) groups is 3. The maximum Gasteiger partial charge on any atom is 0.348 e.